The average molecular weight is 254 g/mol. The van der Waals surface area contributed by atoms with Crippen LogP contribution in [0.15, 0.2) is 0 Å². The molecule has 2 rings (SSSR count). The van der Waals surface area contributed by atoms with E-state index in [9.17, 15) is 5.11 Å². The molecule has 6 nitrogen and oxygen atoms in total. The van der Waals surface area contributed by atoms with Crippen LogP contribution in [0, 0.1) is 6.92 Å². The molecule has 6 heteroatoms. The highest BCUT2D eigenvalue weighted by molar-refractivity contribution is 5.65. The molecule has 1 aliphatic heterocycles. The second-order valence-electron chi connectivity index (χ2n) is 5.27. The smallest absolute Gasteiger partial charge is 0.148 e. The van der Waals surface area contributed by atoms with Gasteiger partial charge in [0.2, 0.25) is 0 Å². The molecule has 4 N–H and O–H groups in total. The fourth-order valence-corrected chi connectivity index (χ4v) is 2.09. The maximum absolute atomic E-state index is 10.2. The molecule has 18 heavy (non-hydrogen) atoms. The molecular formula is C12H22N4O2. The third-order valence-corrected chi connectivity index (χ3v) is 3.29. The monoisotopic (exact) mass is 254 g/mol. The lowest BCUT2D eigenvalue weighted by atomic mass is 10.0. The minimum atomic E-state index is -0.799. The van der Waals surface area contributed by atoms with Gasteiger partial charge in [0.15, 0.2) is 0 Å². The Bertz CT molecular complexity index is 422. The van der Waals surface area contributed by atoms with Crippen molar-refractivity contribution in [1.29, 1.82) is 0 Å². The molecule has 0 amide bonds. The first-order valence-electron chi connectivity index (χ1n) is 6.31. The predicted octanol–water partition coefficient (Wildman–Crippen LogP) is 0.918. The summed E-state index contributed by atoms with van der Waals surface area (Å²) < 4.78 is 7.07. The van der Waals surface area contributed by atoms with Crippen molar-refractivity contribution < 1.29 is 9.84 Å². The molecule has 0 radical (unpaired) electrons. The third kappa shape index (κ3) is 2.44. The largest absolute Gasteiger partial charge is 0.394 e. The van der Waals surface area contributed by atoms with Gasteiger partial charge in [0.1, 0.15) is 11.4 Å². The second-order valence-corrected chi connectivity index (χ2v) is 5.27. The minimum absolute atomic E-state index is 0.220. The standard InChI is InChI=1S/C12H22N4O2/c1-8(2)16-11(10(13)9(3)15-16)14-6-12(17)4-5-18-7-12/h8,14,17H,4-7,13H2,1-3H3. The van der Waals surface area contributed by atoms with Crippen LogP contribution in [-0.4, -0.2) is 40.2 Å². The van der Waals surface area contributed by atoms with Gasteiger partial charge in [-0.2, -0.15) is 5.10 Å². The van der Waals surface area contributed by atoms with Crippen LogP contribution in [0.3, 0.4) is 0 Å². The van der Waals surface area contributed by atoms with Crippen LogP contribution in [-0.2, 0) is 4.74 Å². The number of anilines is 2. The number of nitrogens with two attached hydrogens (primary N) is 1. The van der Waals surface area contributed by atoms with Gasteiger partial charge in [-0.1, -0.05) is 0 Å². The van der Waals surface area contributed by atoms with Crippen LogP contribution in [0.5, 0.6) is 0 Å². The van der Waals surface area contributed by atoms with E-state index in [1.807, 2.05) is 25.5 Å². The summed E-state index contributed by atoms with van der Waals surface area (Å²) in [7, 11) is 0. The Kier molecular flexibility index (Phi) is 3.49. The van der Waals surface area contributed by atoms with Gasteiger partial charge in [-0.25, -0.2) is 4.68 Å². The van der Waals surface area contributed by atoms with Crippen LogP contribution in [0.1, 0.15) is 32.0 Å². The third-order valence-electron chi connectivity index (χ3n) is 3.29. The predicted molar refractivity (Wildman–Crippen MR) is 70.6 cm³/mol. The van der Waals surface area contributed by atoms with Gasteiger partial charge in [0, 0.05) is 25.6 Å². The number of rotatable bonds is 4. The van der Waals surface area contributed by atoms with E-state index < -0.39 is 5.60 Å². The van der Waals surface area contributed by atoms with E-state index in [1.165, 1.54) is 0 Å². The minimum Gasteiger partial charge on any atom is -0.394 e. The molecule has 0 spiro atoms. The van der Waals surface area contributed by atoms with Crippen molar-refractivity contribution in [3.63, 3.8) is 0 Å². The molecule has 102 valence electrons. The Balaban J connectivity index is 2.13. The van der Waals surface area contributed by atoms with Crippen molar-refractivity contribution in [2.45, 2.75) is 38.8 Å². The molecule has 1 unspecified atom stereocenters. The fraction of sp³-hybridized carbons (Fsp3) is 0.750. The lowest BCUT2D eigenvalue weighted by Gasteiger charge is -2.22. The van der Waals surface area contributed by atoms with E-state index >= 15 is 0 Å². The molecule has 0 saturated carbocycles. The maximum Gasteiger partial charge on any atom is 0.148 e. The summed E-state index contributed by atoms with van der Waals surface area (Å²) in [6, 6.07) is 0.220. The summed E-state index contributed by atoms with van der Waals surface area (Å²) in [4.78, 5) is 0. The number of aromatic nitrogens is 2. The first-order valence-corrected chi connectivity index (χ1v) is 6.31. The summed E-state index contributed by atoms with van der Waals surface area (Å²) in [5.74, 6) is 0.780. The zero-order valence-corrected chi connectivity index (χ0v) is 11.2. The van der Waals surface area contributed by atoms with Crippen LogP contribution in [0.4, 0.5) is 11.5 Å². The van der Waals surface area contributed by atoms with Gasteiger partial charge in [-0.3, -0.25) is 0 Å². The molecular weight excluding hydrogens is 232 g/mol. The van der Waals surface area contributed by atoms with Crippen LogP contribution < -0.4 is 11.1 Å². The lowest BCUT2D eigenvalue weighted by molar-refractivity contribution is 0.0380. The Morgan fingerprint density at radius 1 is 1.61 bits per heavy atom. The zero-order valence-electron chi connectivity index (χ0n) is 11.2. The van der Waals surface area contributed by atoms with Crippen molar-refractivity contribution in [1.82, 2.24) is 9.78 Å². The van der Waals surface area contributed by atoms with Gasteiger partial charge in [-0.05, 0) is 20.8 Å². The molecule has 1 fully saturated rings. The first-order chi connectivity index (χ1) is 8.43. The molecule has 1 aliphatic rings. The number of aliphatic hydroxyl groups is 1. The number of nitrogens with zero attached hydrogens (tertiary/aromatic N) is 2. The van der Waals surface area contributed by atoms with E-state index in [2.05, 4.69) is 10.4 Å². The summed E-state index contributed by atoms with van der Waals surface area (Å²) in [5, 5.41) is 17.8. The number of nitrogens with one attached hydrogen (secondary N) is 1. The number of nitrogen functional groups attached to an aromatic ring is 1. The van der Waals surface area contributed by atoms with E-state index in [0.717, 1.165) is 11.5 Å². The highest BCUT2D eigenvalue weighted by Crippen LogP contribution is 2.27. The highest BCUT2D eigenvalue weighted by atomic mass is 16.5. The van der Waals surface area contributed by atoms with Crippen LogP contribution in [0.25, 0.3) is 0 Å². The zero-order chi connectivity index (χ0) is 13.3. The maximum atomic E-state index is 10.2. The van der Waals surface area contributed by atoms with E-state index in [1.54, 1.807) is 0 Å². The summed E-state index contributed by atoms with van der Waals surface area (Å²) in [5.41, 5.74) is 6.66. The number of aryl methyl sites for hydroxylation is 1. The second kappa shape index (κ2) is 4.78. The van der Waals surface area contributed by atoms with E-state index in [-0.39, 0.29) is 6.04 Å². The topological polar surface area (TPSA) is 85.3 Å². The summed E-state index contributed by atoms with van der Waals surface area (Å²) in [6.45, 7) is 7.38. The summed E-state index contributed by atoms with van der Waals surface area (Å²) in [6.07, 6.45) is 0.648. The van der Waals surface area contributed by atoms with E-state index in [4.69, 9.17) is 10.5 Å². The molecule has 0 aromatic carbocycles. The molecule has 1 atom stereocenters. The van der Waals surface area contributed by atoms with Gasteiger partial charge >= 0.3 is 0 Å². The van der Waals surface area contributed by atoms with Crippen LogP contribution >= 0.6 is 0 Å². The molecule has 1 aromatic heterocycles. The SMILES string of the molecule is Cc1nn(C(C)C)c(NCC2(O)CCOC2)c1N. The fourth-order valence-electron chi connectivity index (χ4n) is 2.09. The van der Waals surface area contributed by atoms with Gasteiger partial charge in [0.05, 0.1) is 18.0 Å². The van der Waals surface area contributed by atoms with Gasteiger partial charge < -0.3 is 20.9 Å². The van der Waals surface area contributed by atoms with Gasteiger partial charge in [0.25, 0.3) is 0 Å². The quantitative estimate of drug-likeness (QED) is 0.744. The van der Waals surface area contributed by atoms with Gasteiger partial charge in [-0.15, -0.1) is 0 Å². The van der Waals surface area contributed by atoms with Crippen molar-refractivity contribution in [2.75, 3.05) is 30.8 Å². The van der Waals surface area contributed by atoms with Crippen molar-refractivity contribution >= 4 is 11.5 Å². The highest BCUT2D eigenvalue weighted by Gasteiger charge is 2.32. The van der Waals surface area contributed by atoms with Crippen molar-refractivity contribution in [3.05, 3.63) is 5.69 Å². The van der Waals surface area contributed by atoms with E-state index in [0.29, 0.717) is 31.9 Å². The number of hydrogen-bond donors (Lipinski definition) is 3. The molecule has 2 heterocycles. The Labute approximate surface area is 107 Å². The normalized spacial score (nSPS) is 23.8. The molecule has 1 aromatic rings. The number of ether oxygens (including phenoxy) is 1. The molecule has 0 aliphatic carbocycles. The Morgan fingerprint density at radius 2 is 2.33 bits per heavy atom. The Morgan fingerprint density at radius 3 is 2.89 bits per heavy atom. The lowest BCUT2D eigenvalue weighted by Crippen LogP contribution is -2.37. The summed E-state index contributed by atoms with van der Waals surface area (Å²) >= 11 is 0. The Hall–Kier alpha value is -1.27. The molecule has 0 bridgehead atoms. The van der Waals surface area contributed by atoms with Crippen molar-refractivity contribution in [2.24, 2.45) is 0 Å². The molecule has 1 saturated heterocycles. The van der Waals surface area contributed by atoms with Crippen LogP contribution in [0.2, 0.25) is 0 Å². The average Bonchev–Trinajstić information content (AvgIpc) is 2.84. The first kappa shape index (κ1) is 13.2. The number of hydrogen-bond acceptors (Lipinski definition) is 5. The van der Waals surface area contributed by atoms with Crippen molar-refractivity contribution in [3.8, 4) is 0 Å².